The van der Waals surface area contributed by atoms with Crippen LogP contribution in [0.2, 0.25) is 0 Å². The van der Waals surface area contributed by atoms with Gasteiger partial charge in [-0.25, -0.2) is 9.97 Å². The zero-order valence-corrected chi connectivity index (χ0v) is 11.8. The summed E-state index contributed by atoms with van der Waals surface area (Å²) in [5, 5.41) is 3.83. The lowest BCUT2D eigenvalue weighted by molar-refractivity contribution is 0.843. The molecule has 0 unspecified atom stereocenters. The summed E-state index contributed by atoms with van der Waals surface area (Å²) >= 11 is 0. The SMILES string of the molecule is Cc1cnc(N)cc1Nc1ccc2ncn(C)c(=O)c2c1. The highest BCUT2D eigenvalue weighted by Crippen LogP contribution is 2.23. The van der Waals surface area contributed by atoms with E-state index < -0.39 is 0 Å². The van der Waals surface area contributed by atoms with Crippen molar-refractivity contribution in [3.05, 3.63) is 52.7 Å². The van der Waals surface area contributed by atoms with Gasteiger partial charge in [-0.2, -0.15) is 0 Å². The van der Waals surface area contributed by atoms with Gasteiger partial charge in [-0.05, 0) is 30.7 Å². The van der Waals surface area contributed by atoms with Crippen LogP contribution in [-0.2, 0) is 7.05 Å². The molecule has 0 saturated heterocycles. The van der Waals surface area contributed by atoms with Gasteiger partial charge in [-0.1, -0.05) is 0 Å². The largest absolute Gasteiger partial charge is 0.384 e. The van der Waals surface area contributed by atoms with E-state index in [1.807, 2.05) is 19.1 Å². The standard InChI is InChI=1S/C15H15N5O/c1-9-7-17-14(16)6-13(9)19-10-3-4-12-11(5-10)15(21)20(2)8-18-12/h3-8H,1-2H3,(H3,16,17,19). The van der Waals surface area contributed by atoms with Gasteiger partial charge in [0.25, 0.3) is 5.56 Å². The van der Waals surface area contributed by atoms with Crippen LogP contribution < -0.4 is 16.6 Å². The molecule has 3 aromatic rings. The number of aryl methyl sites for hydroxylation is 2. The first-order chi connectivity index (χ1) is 10.0. The Bertz CT molecular complexity index is 885. The summed E-state index contributed by atoms with van der Waals surface area (Å²) in [5.74, 6) is 0.446. The number of nitrogens with one attached hydrogen (secondary N) is 1. The number of fused-ring (bicyclic) bond motifs is 1. The van der Waals surface area contributed by atoms with Gasteiger partial charge in [0.15, 0.2) is 0 Å². The third-order valence-corrected chi connectivity index (χ3v) is 3.32. The second-order valence-electron chi connectivity index (χ2n) is 4.94. The van der Waals surface area contributed by atoms with Crippen molar-refractivity contribution in [2.75, 3.05) is 11.1 Å². The molecule has 3 rings (SSSR count). The van der Waals surface area contributed by atoms with Crippen LogP contribution in [-0.4, -0.2) is 14.5 Å². The lowest BCUT2D eigenvalue weighted by atomic mass is 10.2. The summed E-state index contributed by atoms with van der Waals surface area (Å²) in [6.45, 7) is 1.94. The molecule has 6 nitrogen and oxygen atoms in total. The molecule has 0 amide bonds. The molecule has 0 atom stereocenters. The second-order valence-corrected chi connectivity index (χ2v) is 4.94. The van der Waals surface area contributed by atoms with E-state index in [0.717, 1.165) is 16.9 Å². The Balaban J connectivity index is 2.07. The number of aromatic nitrogens is 3. The molecule has 2 aromatic heterocycles. The number of nitrogens with zero attached hydrogens (tertiary/aromatic N) is 3. The topological polar surface area (TPSA) is 85.8 Å². The van der Waals surface area contributed by atoms with Gasteiger partial charge in [0.1, 0.15) is 5.82 Å². The number of pyridine rings is 1. The van der Waals surface area contributed by atoms with Gasteiger partial charge in [0.2, 0.25) is 0 Å². The fourth-order valence-electron chi connectivity index (χ4n) is 2.12. The molecule has 0 spiro atoms. The fraction of sp³-hybridized carbons (Fsp3) is 0.133. The van der Waals surface area contributed by atoms with Gasteiger partial charge in [0.05, 0.1) is 17.2 Å². The van der Waals surface area contributed by atoms with E-state index in [-0.39, 0.29) is 5.56 Å². The molecule has 0 radical (unpaired) electrons. The average Bonchev–Trinajstić information content (AvgIpc) is 2.47. The summed E-state index contributed by atoms with van der Waals surface area (Å²) in [7, 11) is 1.68. The van der Waals surface area contributed by atoms with Crippen LogP contribution in [0.15, 0.2) is 41.6 Å². The molecule has 0 saturated carbocycles. The molecule has 0 aliphatic heterocycles. The molecule has 2 heterocycles. The van der Waals surface area contributed by atoms with Crippen LogP contribution in [0.3, 0.4) is 0 Å². The summed E-state index contributed by atoms with van der Waals surface area (Å²) in [6, 6.07) is 7.26. The lowest BCUT2D eigenvalue weighted by Crippen LogP contribution is -2.16. The number of benzene rings is 1. The summed E-state index contributed by atoms with van der Waals surface area (Å²) in [5.41, 5.74) is 8.95. The van der Waals surface area contributed by atoms with Gasteiger partial charge < -0.3 is 15.6 Å². The van der Waals surface area contributed by atoms with E-state index in [2.05, 4.69) is 15.3 Å². The maximum Gasteiger partial charge on any atom is 0.260 e. The van der Waals surface area contributed by atoms with Gasteiger partial charge in [-0.3, -0.25) is 4.79 Å². The highest BCUT2D eigenvalue weighted by Gasteiger charge is 2.05. The van der Waals surface area contributed by atoms with Crippen molar-refractivity contribution in [2.24, 2.45) is 7.05 Å². The predicted molar refractivity (Wildman–Crippen MR) is 83.7 cm³/mol. The maximum atomic E-state index is 12.1. The van der Waals surface area contributed by atoms with Crippen LogP contribution in [0.25, 0.3) is 10.9 Å². The van der Waals surface area contributed by atoms with E-state index in [1.54, 1.807) is 25.4 Å². The molecular weight excluding hydrogens is 266 g/mol. The summed E-state index contributed by atoms with van der Waals surface area (Å²) < 4.78 is 1.46. The van der Waals surface area contributed by atoms with Gasteiger partial charge in [0, 0.05) is 30.7 Å². The molecule has 6 heteroatoms. The van der Waals surface area contributed by atoms with Crippen molar-refractivity contribution in [3.63, 3.8) is 0 Å². The lowest BCUT2D eigenvalue weighted by Gasteiger charge is -2.10. The minimum Gasteiger partial charge on any atom is -0.384 e. The van der Waals surface area contributed by atoms with Gasteiger partial charge >= 0.3 is 0 Å². The van der Waals surface area contributed by atoms with Crippen molar-refractivity contribution in [1.29, 1.82) is 0 Å². The fourth-order valence-corrected chi connectivity index (χ4v) is 2.12. The van der Waals surface area contributed by atoms with Crippen molar-refractivity contribution < 1.29 is 0 Å². The highest BCUT2D eigenvalue weighted by molar-refractivity contribution is 5.82. The van der Waals surface area contributed by atoms with Crippen molar-refractivity contribution in [3.8, 4) is 0 Å². The third-order valence-electron chi connectivity index (χ3n) is 3.32. The Morgan fingerprint density at radius 1 is 1.24 bits per heavy atom. The third kappa shape index (κ3) is 2.43. The monoisotopic (exact) mass is 281 g/mol. The quantitative estimate of drug-likeness (QED) is 0.750. The molecule has 21 heavy (non-hydrogen) atoms. The smallest absolute Gasteiger partial charge is 0.260 e. The first kappa shape index (κ1) is 13.1. The van der Waals surface area contributed by atoms with Crippen LogP contribution in [0.4, 0.5) is 17.2 Å². The molecule has 0 aliphatic carbocycles. The Labute approximate surface area is 121 Å². The number of nitrogen functional groups attached to an aromatic ring is 1. The molecule has 0 fully saturated rings. The van der Waals surface area contributed by atoms with Crippen molar-refractivity contribution in [1.82, 2.24) is 14.5 Å². The molecule has 0 bridgehead atoms. The molecule has 1 aromatic carbocycles. The van der Waals surface area contributed by atoms with Crippen LogP contribution in [0.1, 0.15) is 5.56 Å². The highest BCUT2D eigenvalue weighted by atomic mass is 16.1. The molecule has 0 aliphatic rings. The van der Waals surface area contributed by atoms with E-state index >= 15 is 0 Å². The van der Waals surface area contributed by atoms with Crippen molar-refractivity contribution in [2.45, 2.75) is 6.92 Å². The van der Waals surface area contributed by atoms with E-state index in [9.17, 15) is 4.79 Å². The number of anilines is 3. The Hall–Kier alpha value is -2.89. The van der Waals surface area contributed by atoms with Crippen LogP contribution in [0, 0.1) is 6.92 Å². The van der Waals surface area contributed by atoms with E-state index in [1.165, 1.54) is 10.9 Å². The number of hydrogen-bond donors (Lipinski definition) is 2. The second kappa shape index (κ2) is 4.90. The Kier molecular flexibility index (Phi) is 3.06. The first-order valence-corrected chi connectivity index (χ1v) is 6.49. The zero-order chi connectivity index (χ0) is 15.0. The molecular formula is C15H15N5O. The number of hydrogen-bond acceptors (Lipinski definition) is 5. The molecule has 106 valence electrons. The first-order valence-electron chi connectivity index (χ1n) is 6.49. The van der Waals surface area contributed by atoms with Crippen LogP contribution in [0.5, 0.6) is 0 Å². The van der Waals surface area contributed by atoms with Crippen molar-refractivity contribution >= 4 is 28.1 Å². The Morgan fingerprint density at radius 3 is 2.86 bits per heavy atom. The minimum atomic E-state index is -0.0744. The summed E-state index contributed by atoms with van der Waals surface area (Å²) in [6.07, 6.45) is 3.23. The van der Waals surface area contributed by atoms with Gasteiger partial charge in [-0.15, -0.1) is 0 Å². The number of nitrogens with two attached hydrogens (primary N) is 1. The molecule has 3 N–H and O–H groups in total. The summed E-state index contributed by atoms with van der Waals surface area (Å²) in [4.78, 5) is 20.4. The number of rotatable bonds is 2. The Morgan fingerprint density at radius 2 is 2.05 bits per heavy atom. The maximum absolute atomic E-state index is 12.1. The van der Waals surface area contributed by atoms with E-state index in [4.69, 9.17) is 5.73 Å². The zero-order valence-electron chi connectivity index (χ0n) is 11.8. The van der Waals surface area contributed by atoms with Crippen LogP contribution >= 0.6 is 0 Å². The van der Waals surface area contributed by atoms with E-state index in [0.29, 0.717) is 16.7 Å². The predicted octanol–water partition coefficient (Wildman–Crippen LogP) is 1.96. The average molecular weight is 281 g/mol. The minimum absolute atomic E-state index is 0.0744. The normalized spacial score (nSPS) is 10.8.